The minimum absolute atomic E-state index is 0.207. The fourth-order valence-electron chi connectivity index (χ4n) is 2.90. The second-order valence-electron chi connectivity index (χ2n) is 6.63. The fourth-order valence-corrected chi connectivity index (χ4v) is 3.84. The Balaban J connectivity index is 1.49. The Morgan fingerprint density at radius 1 is 1.07 bits per heavy atom. The predicted octanol–water partition coefficient (Wildman–Crippen LogP) is 5.35. The zero-order valence-corrected chi connectivity index (χ0v) is 18.1. The van der Waals surface area contributed by atoms with Crippen LogP contribution in [0.3, 0.4) is 0 Å². The van der Waals surface area contributed by atoms with Gasteiger partial charge < -0.3 is 10.1 Å². The molecule has 0 saturated carbocycles. The van der Waals surface area contributed by atoms with Crippen molar-refractivity contribution in [3.63, 3.8) is 0 Å². The third-order valence-electron chi connectivity index (χ3n) is 4.16. The molecule has 0 fully saturated rings. The topological polar surface area (TPSA) is 81.9 Å². The predicted molar refractivity (Wildman–Crippen MR) is 117 cm³/mol. The number of amides is 1. The number of aromatic nitrogens is 4. The normalized spacial score (nSPS) is 10.8. The molecule has 0 aliphatic carbocycles. The molecule has 0 atom stereocenters. The smallest absolute Gasteiger partial charge is 0.265 e. The van der Waals surface area contributed by atoms with E-state index in [0.29, 0.717) is 38.2 Å². The van der Waals surface area contributed by atoms with Gasteiger partial charge in [0.1, 0.15) is 11.6 Å². The first kappa shape index (κ1) is 20.1. The van der Waals surface area contributed by atoms with E-state index >= 15 is 0 Å². The number of aryl methyl sites for hydroxylation is 3. The first-order valence-electron chi connectivity index (χ1n) is 9.11. The lowest BCUT2D eigenvalue weighted by Crippen LogP contribution is -2.09. The van der Waals surface area contributed by atoms with E-state index in [1.807, 2.05) is 19.9 Å². The van der Waals surface area contributed by atoms with Crippen LogP contribution in [0.25, 0.3) is 5.82 Å². The zero-order chi connectivity index (χ0) is 21.3. The van der Waals surface area contributed by atoms with Crippen molar-refractivity contribution in [1.82, 2.24) is 19.7 Å². The van der Waals surface area contributed by atoms with Crippen molar-refractivity contribution in [1.29, 1.82) is 0 Å². The van der Waals surface area contributed by atoms with Crippen molar-refractivity contribution >= 4 is 34.5 Å². The van der Waals surface area contributed by atoms with Gasteiger partial charge in [0.15, 0.2) is 5.82 Å². The van der Waals surface area contributed by atoms with E-state index in [1.165, 1.54) is 11.3 Å². The number of nitrogens with one attached hydrogen (secondary N) is 1. The number of carbonyl (C=O) groups excluding carboxylic acids is 1. The molecule has 1 N–H and O–H groups in total. The third-order valence-corrected chi connectivity index (χ3v) is 5.39. The molecule has 152 valence electrons. The summed E-state index contributed by atoms with van der Waals surface area (Å²) < 4.78 is 8.22. The van der Waals surface area contributed by atoms with Crippen molar-refractivity contribution < 1.29 is 9.53 Å². The van der Waals surface area contributed by atoms with Gasteiger partial charge >= 0.3 is 0 Å². The average molecular weight is 440 g/mol. The van der Waals surface area contributed by atoms with E-state index in [2.05, 4.69) is 20.4 Å². The summed E-state index contributed by atoms with van der Waals surface area (Å²) in [6.07, 6.45) is 0. The molecule has 3 aromatic heterocycles. The molecule has 0 aliphatic rings. The van der Waals surface area contributed by atoms with E-state index in [0.717, 1.165) is 11.4 Å². The summed E-state index contributed by atoms with van der Waals surface area (Å²) in [7, 11) is 0. The Morgan fingerprint density at radius 3 is 2.47 bits per heavy atom. The second-order valence-corrected chi connectivity index (χ2v) is 8.35. The van der Waals surface area contributed by atoms with Gasteiger partial charge in [-0.05, 0) is 63.2 Å². The Kier molecular flexibility index (Phi) is 5.52. The van der Waals surface area contributed by atoms with Gasteiger partial charge in [0.25, 0.3) is 5.91 Å². The molecular weight excluding hydrogens is 422 g/mol. The average Bonchev–Trinajstić information content (AvgIpc) is 3.27. The molecule has 30 heavy (non-hydrogen) atoms. The van der Waals surface area contributed by atoms with Gasteiger partial charge in [-0.2, -0.15) is 10.1 Å². The van der Waals surface area contributed by atoms with Crippen LogP contribution in [0.2, 0.25) is 4.34 Å². The summed E-state index contributed by atoms with van der Waals surface area (Å²) in [6, 6.07) is 14.2. The second kappa shape index (κ2) is 8.25. The van der Waals surface area contributed by atoms with Crippen LogP contribution in [0.4, 0.5) is 5.69 Å². The number of halogens is 1. The summed E-state index contributed by atoms with van der Waals surface area (Å²) in [5, 5.41) is 7.29. The van der Waals surface area contributed by atoms with Crippen LogP contribution in [-0.2, 0) is 0 Å². The number of nitrogens with zero attached hydrogens (tertiary/aromatic N) is 4. The van der Waals surface area contributed by atoms with E-state index in [4.69, 9.17) is 16.3 Å². The molecule has 3 heterocycles. The van der Waals surface area contributed by atoms with Gasteiger partial charge in [-0.1, -0.05) is 11.6 Å². The first-order valence-corrected chi connectivity index (χ1v) is 10.3. The van der Waals surface area contributed by atoms with Crippen molar-refractivity contribution in [3.8, 4) is 17.4 Å². The standard InChI is InChI=1S/C21H18ClN5O2S/c1-12-10-13(2)27(26-12)19-11-20(24-14(3)23-19)29-16-6-4-15(5-7-16)25-21(28)17-8-9-18(22)30-17/h4-11H,1-3H3,(H,25,28). The summed E-state index contributed by atoms with van der Waals surface area (Å²) >= 11 is 7.11. The summed E-state index contributed by atoms with van der Waals surface area (Å²) in [5.41, 5.74) is 2.54. The van der Waals surface area contributed by atoms with Crippen molar-refractivity contribution in [3.05, 3.63) is 75.0 Å². The van der Waals surface area contributed by atoms with E-state index in [9.17, 15) is 4.79 Å². The van der Waals surface area contributed by atoms with Crippen LogP contribution in [0.1, 0.15) is 26.9 Å². The first-order chi connectivity index (χ1) is 14.4. The van der Waals surface area contributed by atoms with Crippen LogP contribution in [0.15, 0.2) is 48.5 Å². The van der Waals surface area contributed by atoms with Gasteiger partial charge in [-0.25, -0.2) is 9.67 Å². The van der Waals surface area contributed by atoms with Crippen molar-refractivity contribution in [2.24, 2.45) is 0 Å². The van der Waals surface area contributed by atoms with Crippen LogP contribution < -0.4 is 10.1 Å². The van der Waals surface area contributed by atoms with Crippen LogP contribution in [-0.4, -0.2) is 25.7 Å². The molecule has 0 saturated heterocycles. The third kappa shape index (κ3) is 4.50. The van der Waals surface area contributed by atoms with Gasteiger partial charge in [0.2, 0.25) is 5.88 Å². The maximum Gasteiger partial charge on any atom is 0.265 e. The van der Waals surface area contributed by atoms with E-state index in [1.54, 1.807) is 54.1 Å². The highest BCUT2D eigenvalue weighted by Gasteiger charge is 2.11. The number of carbonyl (C=O) groups is 1. The number of hydrogen-bond donors (Lipinski definition) is 1. The molecule has 0 unspecified atom stereocenters. The largest absolute Gasteiger partial charge is 0.439 e. The van der Waals surface area contributed by atoms with Gasteiger partial charge in [-0.15, -0.1) is 11.3 Å². The molecule has 1 amide bonds. The Morgan fingerprint density at radius 2 is 1.83 bits per heavy atom. The van der Waals surface area contributed by atoms with Crippen LogP contribution >= 0.6 is 22.9 Å². The highest BCUT2D eigenvalue weighted by Crippen LogP contribution is 2.25. The Bertz CT molecular complexity index is 1220. The number of benzene rings is 1. The van der Waals surface area contributed by atoms with E-state index in [-0.39, 0.29) is 5.91 Å². The molecule has 0 radical (unpaired) electrons. The Labute approximate surface area is 182 Å². The van der Waals surface area contributed by atoms with Crippen LogP contribution in [0, 0.1) is 20.8 Å². The highest BCUT2D eigenvalue weighted by molar-refractivity contribution is 7.18. The van der Waals surface area contributed by atoms with Gasteiger partial charge in [0.05, 0.1) is 14.9 Å². The molecular formula is C21H18ClN5O2S. The zero-order valence-electron chi connectivity index (χ0n) is 16.5. The molecule has 9 heteroatoms. The molecule has 0 bridgehead atoms. The number of rotatable bonds is 5. The van der Waals surface area contributed by atoms with Crippen LogP contribution in [0.5, 0.6) is 11.6 Å². The van der Waals surface area contributed by atoms with E-state index < -0.39 is 0 Å². The highest BCUT2D eigenvalue weighted by atomic mass is 35.5. The SMILES string of the molecule is Cc1cc(C)n(-c2cc(Oc3ccc(NC(=O)c4ccc(Cl)s4)cc3)nc(C)n2)n1. The number of anilines is 1. The molecule has 0 spiro atoms. The lowest BCUT2D eigenvalue weighted by molar-refractivity contribution is 0.103. The number of hydrogen-bond acceptors (Lipinski definition) is 6. The monoisotopic (exact) mass is 439 g/mol. The quantitative estimate of drug-likeness (QED) is 0.453. The van der Waals surface area contributed by atoms with Crippen molar-refractivity contribution in [2.75, 3.05) is 5.32 Å². The Hall–Kier alpha value is -3.23. The molecule has 4 rings (SSSR count). The molecule has 0 aliphatic heterocycles. The number of ether oxygens (including phenoxy) is 1. The minimum Gasteiger partial charge on any atom is -0.439 e. The minimum atomic E-state index is -0.207. The fraction of sp³-hybridized carbons (Fsp3) is 0.143. The summed E-state index contributed by atoms with van der Waals surface area (Å²) in [5.74, 6) is 2.01. The van der Waals surface area contributed by atoms with Crippen molar-refractivity contribution in [2.45, 2.75) is 20.8 Å². The summed E-state index contributed by atoms with van der Waals surface area (Å²) in [4.78, 5) is 21.6. The molecule has 1 aromatic carbocycles. The van der Waals surface area contributed by atoms with Gasteiger partial charge in [0, 0.05) is 17.4 Å². The molecule has 4 aromatic rings. The lowest BCUT2D eigenvalue weighted by atomic mass is 10.3. The lowest BCUT2D eigenvalue weighted by Gasteiger charge is -2.10. The maximum absolute atomic E-state index is 12.2. The summed E-state index contributed by atoms with van der Waals surface area (Å²) in [6.45, 7) is 5.70. The number of thiophene rings is 1. The van der Waals surface area contributed by atoms with Gasteiger partial charge in [-0.3, -0.25) is 4.79 Å². The maximum atomic E-state index is 12.2. The molecule has 7 nitrogen and oxygen atoms in total.